The van der Waals surface area contributed by atoms with Crippen LogP contribution in [0.2, 0.25) is 5.02 Å². The molecule has 5 heteroatoms. The molecule has 0 atom stereocenters. The summed E-state index contributed by atoms with van der Waals surface area (Å²) < 4.78 is 0. The van der Waals surface area contributed by atoms with Gasteiger partial charge in [0, 0.05) is 29.7 Å². The van der Waals surface area contributed by atoms with E-state index in [4.69, 9.17) is 17.3 Å². The second-order valence-electron chi connectivity index (χ2n) is 5.72. The molecule has 2 aromatic carbocycles. The fourth-order valence-corrected chi connectivity index (χ4v) is 2.66. The molecule has 0 saturated carbocycles. The zero-order chi connectivity index (χ0) is 17.6. The predicted octanol–water partition coefficient (Wildman–Crippen LogP) is 4.35. The van der Waals surface area contributed by atoms with E-state index < -0.39 is 0 Å². The van der Waals surface area contributed by atoms with Crippen molar-refractivity contribution in [3.63, 3.8) is 0 Å². The molecule has 0 amide bonds. The first kappa shape index (κ1) is 17.0. The third-order valence-electron chi connectivity index (χ3n) is 3.84. The molecule has 0 aliphatic carbocycles. The molecule has 0 aliphatic rings. The maximum atomic E-state index is 12.4. The SMILES string of the molecule is Nc1ncccc1NCc1cccc(CC(=O)c2ccc(Cl)cc2)c1. The number of benzene rings is 2. The molecule has 0 spiro atoms. The smallest absolute Gasteiger partial charge is 0.167 e. The highest BCUT2D eigenvalue weighted by atomic mass is 35.5. The van der Waals surface area contributed by atoms with Crippen molar-refractivity contribution in [2.75, 3.05) is 11.1 Å². The van der Waals surface area contributed by atoms with Gasteiger partial charge in [0.15, 0.2) is 5.78 Å². The first-order valence-corrected chi connectivity index (χ1v) is 8.30. The van der Waals surface area contributed by atoms with E-state index in [1.54, 1.807) is 30.5 Å². The second kappa shape index (κ2) is 7.81. The third kappa shape index (κ3) is 4.58. The number of rotatable bonds is 6. The van der Waals surface area contributed by atoms with Crippen LogP contribution in [-0.2, 0) is 13.0 Å². The summed E-state index contributed by atoms with van der Waals surface area (Å²) in [6, 6.07) is 18.6. The number of pyridine rings is 1. The number of carbonyl (C=O) groups is 1. The number of halogens is 1. The van der Waals surface area contributed by atoms with Gasteiger partial charge in [-0.15, -0.1) is 0 Å². The van der Waals surface area contributed by atoms with Crippen molar-refractivity contribution >= 4 is 28.9 Å². The van der Waals surface area contributed by atoms with Crippen molar-refractivity contribution < 1.29 is 4.79 Å². The Morgan fingerprint density at radius 3 is 2.56 bits per heavy atom. The molecule has 0 saturated heterocycles. The lowest BCUT2D eigenvalue weighted by Gasteiger charge is -2.09. The quantitative estimate of drug-likeness (QED) is 0.648. The van der Waals surface area contributed by atoms with E-state index in [9.17, 15) is 4.79 Å². The Balaban J connectivity index is 1.66. The standard InChI is InChI=1S/C20H18ClN3O/c21-17-8-6-16(7-9-17)19(25)12-14-3-1-4-15(11-14)13-24-18-5-2-10-23-20(18)22/h1-11,24H,12-13H2,(H2,22,23). The summed E-state index contributed by atoms with van der Waals surface area (Å²) in [5.74, 6) is 0.537. The number of carbonyl (C=O) groups excluding carboxylic acids is 1. The van der Waals surface area contributed by atoms with E-state index in [2.05, 4.69) is 10.3 Å². The molecule has 0 aliphatic heterocycles. The highest BCUT2D eigenvalue weighted by molar-refractivity contribution is 6.30. The highest BCUT2D eigenvalue weighted by Crippen LogP contribution is 2.17. The van der Waals surface area contributed by atoms with Crippen molar-refractivity contribution in [1.82, 2.24) is 4.98 Å². The largest absolute Gasteiger partial charge is 0.382 e. The zero-order valence-corrected chi connectivity index (χ0v) is 14.3. The lowest BCUT2D eigenvalue weighted by molar-refractivity contribution is 0.0993. The van der Waals surface area contributed by atoms with Crippen LogP contribution in [0.4, 0.5) is 11.5 Å². The van der Waals surface area contributed by atoms with Crippen molar-refractivity contribution in [1.29, 1.82) is 0 Å². The summed E-state index contributed by atoms with van der Waals surface area (Å²) in [7, 11) is 0. The van der Waals surface area contributed by atoms with Crippen LogP contribution in [0.15, 0.2) is 66.9 Å². The Morgan fingerprint density at radius 1 is 1.04 bits per heavy atom. The summed E-state index contributed by atoms with van der Waals surface area (Å²) in [5.41, 5.74) is 9.33. The minimum absolute atomic E-state index is 0.0679. The number of anilines is 2. The Hall–Kier alpha value is -2.85. The molecule has 0 radical (unpaired) electrons. The Bertz CT molecular complexity index is 878. The predicted molar refractivity (Wildman–Crippen MR) is 102 cm³/mol. The topological polar surface area (TPSA) is 68.0 Å². The number of hydrogen-bond donors (Lipinski definition) is 2. The monoisotopic (exact) mass is 351 g/mol. The maximum Gasteiger partial charge on any atom is 0.167 e. The van der Waals surface area contributed by atoms with Gasteiger partial charge in [-0.25, -0.2) is 4.98 Å². The molecule has 0 unspecified atom stereocenters. The van der Waals surface area contributed by atoms with Gasteiger partial charge in [0.1, 0.15) is 5.82 Å². The number of nitrogens with one attached hydrogen (secondary N) is 1. The van der Waals surface area contributed by atoms with Gasteiger partial charge in [0.2, 0.25) is 0 Å². The summed E-state index contributed by atoms with van der Waals surface area (Å²) in [4.78, 5) is 16.4. The van der Waals surface area contributed by atoms with Crippen molar-refractivity contribution in [2.45, 2.75) is 13.0 Å². The molecule has 3 rings (SSSR count). The number of nitrogens with two attached hydrogens (primary N) is 1. The molecular formula is C20H18ClN3O. The van der Waals surface area contributed by atoms with E-state index in [1.165, 1.54) is 0 Å². The third-order valence-corrected chi connectivity index (χ3v) is 4.10. The van der Waals surface area contributed by atoms with Gasteiger partial charge in [0.05, 0.1) is 5.69 Å². The molecule has 3 N–H and O–H groups in total. The molecule has 0 fully saturated rings. The van der Waals surface area contributed by atoms with E-state index in [0.717, 1.165) is 16.8 Å². The highest BCUT2D eigenvalue weighted by Gasteiger charge is 2.08. The Morgan fingerprint density at radius 2 is 1.80 bits per heavy atom. The number of hydrogen-bond acceptors (Lipinski definition) is 4. The molecule has 4 nitrogen and oxygen atoms in total. The lowest BCUT2D eigenvalue weighted by Crippen LogP contribution is -2.06. The average molecular weight is 352 g/mol. The van der Waals surface area contributed by atoms with Gasteiger partial charge in [-0.1, -0.05) is 35.9 Å². The minimum Gasteiger partial charge on any atom is -0.382 e. The van der Waals surface area contributed by atoms with E-state index in [0.29, 0.717) is 29.4 Å². The van der Waals surface area contributed by atoms with Crippen LogP contribution >= 0.6 is 11.6 Å². The molecule has 1 aromatic heterocycles. The molecule has 25 heavy (non-hydrogen) atoms. The van der Waals surface area contributed by atoms with Crippen molar-refractivity contribution in [2.24, 2.45) is 0 Å². The fraction of sp³-hybridized carbons (Fsp3) is 0.100. The number of aromatic nitrogens is 1. The maximum absolute atomic E-state index is 12.4. The van der Waals surface area contributed by atoms with Crippen LogP contribution in [0.25, 0.3) is 0 Å². The van der Waals surface area contributed by atoms with Gasteiger partial charge in [-0.3, -0.25) is 4.79 Å². The summed E-state index contributed by atoms with van der Waals surface area (Å²) in [6.45, 7) is 0.610. The number of nitrogen functional groups attached to an aromatic ring is 1. The normalized spacial score (nSPS) is 10.4. The van der Waals surface area contributed by atoms with E-state index in [1.807, 2.05) is 36.4 Å². The zero-order valence-electron chi connectivity index (χ0n) is 13.6. The number of ketones is 1. The summed E-state index contributed by atoms with van der Waals surface area (Å²) in [6.07, 6.45) is 2.01. The van der Waals surface area contributed by atoms with Gasteiger partial charge >= 0.3 is 0 Å². The van der Waals surface area contributed by atoms with Crippen LogP contribution < -0.4 is 11.1 Å². The summed E-state index contributed by atoms with van der Waals surface area (Å²) >= 11 is 5.86. The van der Waals surface area contributed by atoms with Gasteiger partial charge in [-0.2, -0.15) is 0 Å². The van der Waals surface area contributed by atoms with Gasteiger partial charge in [0.25, 0.3) is 0 Å². The Kier molecular flexibility index (Phi) is 5.31. The molecule has 126 valence electrons. The van der Waals surface area contributed by atoms with Gasteiger partial charge < -0.3 is 11.1 Å². The van der Waals surface area contributed by atoms with Crippen LogP contribution in [0.5, 0.6) is 0 Å². The van der Waals surface area contributed by atoms with E-state index in [-0.39, 0.29) is 5.78 Å². The molecular weight excluding hydrogens is 334 g/mol. The molecule has 0 bridgehead atoms. The van der Waals surface area contributed by atoms with Crippen LogP contribution in [-0.4, -0.2) is 10.8 Å². The Labute approximate surface area is 151 Å². The van der Waals surface area contributed by atoms with Crippen molar-refractivity contribution in [3.8, 4) is 0 Å². The lowest BCUT2D eigenvalue weighted by atomic mass is 10.0. The van der Waals surface area contributed by atoms with E-state index >= 15 is 0 Å². The van der Waals surface area contributed by atoms with Crippen LogP contribution in [0.3, 0.4) is 0 Å². The van der Waals surface area contributed by atoms with Crippen LogP contribution in [0.1, 0.15) is 21.5 Å². The first-order valence-electron chi connectivity index (χ1n) is 7.93. The first-order chi connectivity index (χ1) is 12.1. The summed E-state index contributed by atoms with van der Waals surface area (Å²) in [5, 5.41) is 3.88. The van der Waals surface area contributed by atoms with Crippen molar-refractivity contribution in [3.05, 3.63) is 88.6 Å². The second-order valence-corrected chi connectivity index (χ2v) is 6.15. The number of Topliss-reactive ketones (excluding diaryl/α,β-unsaturated/α-hetero) is 1. The molecule has 1 heterocycles. The minimum atomic E-state index is 0.0679. The van der Waals surface area contributed by atoms with Crippen LogP contribution in [0, 0.1) is 0 Å². The fourth-order valence-electron chi connectivity index (χ4n) is 2.54. The number of nitrogens with zero attached hydrogens (tertiary/aromatic N) is 1. The van der Waals surface area contributed by atoms with Gasteiger partial charge in [-0.05, 0) is 47.5 Å². The molecule has 3 aromatic rings. The average Bonchev–Trinajstić information content (AvgIpc) is 2.62.